The highest BCUT2D eigenvalue weighted by Gasteiger charge is 2.14. The molecule has 3 aromatic rings. The number of fused-ring (bicyclic) bond motifs is 1. The van der Waals surface area contributed by atoms with Crippen molar-refractivity contribution in [1.29, 1.82) is 0 Å². The van der Waals surface area contributed by atoms with Gasteiger partial charge in [-0.1, -0.05) is 17.4 Å². The molecule has 2 heterocycles. The van der Waals surface area contributed by atoms with E-state index < -0.39 is 0 Å². The van der Waals surface area contributed by atoms with Crippen molar-refractivity contribution in [2.75, 3.05) is 13.2 Å². The lowest BCUT2D eigenvalue weighted by Gasteiger charge is -2.06. The van der Waals surface area contributed by atoms with Crippen LogP contribution in [0.5, 0.6) is 0 Å². The van der Waals surface area contributed by atoms with Crippen molar-refractivity contribution in [1.82, 2.24) is 14.3 Å². The Morgan fingerprint density at radius 1 is 1.30 bits per heavy atom. The van der Waals surface area contributed by atoms with E-state index in [0.717, 1.165) is 15.9 Å². The van der Waals surface area contributed by atoms with Crippen LogP contribution in [-0.4, -0.2) is 33.5 Å². The Balaban J connectivity index is 2.04. The number of rotatable bonds is 6. The van der Waals surface area contributed by atoms with Crippen LogP contribution in [0.4, 0.5) is 0 Å². The van der Waals surface area contributed by atoms with E-state index in [1.807, 2.05) is 32.4 Å². The number of benzene rings is 1. The van der Waals surface area contributed by atoms with Gasteiger partial charge in [0.15, 0.2) is 10.5 Å². The predicted molar refractivity (Wildman–Crippen MR) is 108 cm³/mol. The number of carbonyl (C=O) groups excluding carboxylic acids is 1. The Morgan fingerprint density at radius 3 is 2.74 bits per heavy atom. The van der Waals surface area contributed by atoms with Crippen molar-refractivity contribution in [2.45, 2.75) is 47.2 Å². The summed E-state index contributed by atoms with van der Waals surface area (Å²) in [6, 6.07) is 8.28. The number of thiazole rings is 1. The second kappa shape index (κ2) is 8.19. The molecule has 0 spiro atoms. The van der Waals surface area contributed by atoms with Crippen LogP contribution in [0.15, 0.2) is 29.3 Å². The van der Waals surface area contributed by atoms with Crippen LogP contribution in [0.25, 0.3) is 10.2 Å². The van der Waals surface area contributed by atoms with Crippen LogP contribution < -0.4 is 4.80 Å². The lowest BCUT2D eigenvalue weighted by molar-refractivity contribution is 0.0991. The van der Waals surface area contributed by atoms with E-state index in [9.17, 15) is 4.79 Å². The van der Waals surface area contributed by atoms with Crippen molar-refractivity contribution in [3.05, 3.63) is 46.0 Å². The average molecular weight is 387 g/mol. The van der Waals surface area contributed by atoms with Crippen molar-refractivity contribution in [3.8, 4) is 0 Å². The van der Waals surface area contributed by atoms with Crippen molar-refractivity contribution >= 4 is 27.5 Å². The molecule has 27 heavy (non-hydrogen) atoms. The van der Waals surface area contributed by atoms with Gasteiger partial charge in [0.25, 0.3) is 5.91 Å². The molecule has 2 aromatic heterocycles. The van der Waals surface area contributed by atoms with Crippen LogP contribution in [0.3, 0.4) is 0 Å². The molecule has 7 heteroatoms. The van der Waals surface area contributed by atoms with Crippen molar-refractivity contribution in [2.24, 2.45) is 4.99 Å². The molecule has 144 valence electrons. The van der Waals surface area contributed by atoms with E-state index in [4.69, 9.17) is 4.74 Å². The number of ether oxygens (including phenoxy) is 1. The molecule has 0 bridgehead atoms. The predicted octanol–water partition coefficient (Wildman–Crippen LogP) is 3.87. The zero-order valence-electron chi connectivity index (χ0n) is 16.5. The molecule has 0 radical (unpaired) electrons. The smallest absolute Gasteiger partial charge is 0.300 e. The summed E-state index contributed by atoms with van der Waals surface area (Å²) < 4.78 is 10.5. The molecule has 0 fully saturated rings. The quantitative estimate of drug-likeness (QED) is 0.604. The monoisotopic (exact) mass is 386 g/mol. The molecule has 0 aliphatic rings. The number of amides is 1. The van der Waals surface area contributed by atoms with Crippen molar-refractivity contribution in [3.63, 3.8) is 0 Å². The fourth-order valence-corrected chi connectivity index (χ4v) is 4.19. The highest BCUT2D eigenvalue weighted by atomic mass is 32.1. The maximum Gasteiger partial charge on any atom is 0.300 e. The third-order valence-corrected chi connectivity index (χ3v) is 5.37. The van der Waals surface area contributed by atoms with Crippen LogP contribution in [-0.2, 0) is 11.3 Å². The lowest BCUT2D eigenvalue weighted by Crippen LogP contribution is -2.20. The van der Waals surface area contributed by atoms with Gasteiger partial charge in [-0.05, 0) is 58.4 Å². The summed E-state index contributed by atoms with van der Waals surface area (Å²) in [7, 11) is 0. The summed E-state index contributed by atoms with van der Waals surface area (Å²) in [6.07, 6.45) is 0. The standard InChI is InChI=1S/C20H26N4O2S/c1-6-26-10-9-23-17-8-7-14(4)11-18(17)27-20(23)21-19(25)16-12-15(5)24(22-16)13(2)3/h7-8,11-13H,6,9-10H2,1-5H3. The normalized spacial score (nSPS) is 12.4. The van der Waals surface area contributed by atoms with Gasteiger partial charge in [0.05, 0.1) is 16.8 Å². The van der Waals surface area contributed by atoms with Crippen LogP contribution in [0.2, 0.25) is 0 Å². The topological polar surface area (TPSA) is 61.4 Å². The molecule has 0 N–H and O–H groups in total. The van der Waals surface area contributed by atoms with E-state index in [2.05, 4.69) is 39.8 Å². The third kappa shape index (κ3) is 4.20. The van der Waals surface area contributed by atoms with Crippen LogP contribution in [0.1, 0.15) is 48.6 Å². The van der Waals surface area contributed by atoms with Gasteiger partial charge in [-0.15, -0.1) is 0 Å². The van der Waals surface area contributed by atoms with E-state index in [-0.39, 0.29) is 11.9 Å². The Hall–Kier alpha value is -2.25. The minimum absolute atomic E-state index is 0.204. The molecule has 1 aromatic carbocycles. The number of nitrogens with zero attached hydrogens (tertiary/aromatic N) is 4. The summed E-state index contributed by atoms with van der Waals surface area (Å²) in [5.41, 5.74) is 3.59. The molecule has 3 rings (SSSR count). The molecule has 0 atom stereocenters. The van der Waals surface area contributed by atoms with Gasteiger partial charge in [-0.25, -0.2) is 0 Å². The molecular formula is C20H26N4O2S. The van der Waals surface area contributed by atoms with Crippen LogP contribution in [0, 0.1) is 13.8 Å². The third-order valence-electron chi connectivity index (χ3n) is 4.33. The number of carbonyl (C=O) groups is 1. The molecular weight excluding hydrogens is 360 g/mol. The van der Waals surface area contributed by atoms with E-state index in [1.54, 1.807) is 6.07 Å². The highest BCUT2D eigenvalue weighted by molar-refractivity contribution is 7.16. The van der Waals surface area contributed by atoms with Gasteiger partial charge in [0, 0.05) is 24.9 Å². The number of hydrogen-bond donors (Lipinski definition) is 0. The summed E-state index contributed by atoms with van der Waals surface area (Å²) in [6.45, 7) is 12.0. The molecule has 0 unspecified atom stereocenters. The molecule has 0 aliphatic carbocycles. The molecule has 0 aliphatic heterocycles. The fourth-order valence-electron chi connectivity index (χ4n) is 3.04. The van der Waals surface area contributed by atoms with Gasteiger partial charge in [0.1, 0.15) is 0 Å². The Bertz CT molecular complexity index is 1030. The second-order valence-corrected chi connectivity index (χ2v) is 7.84. The first-order valence-corrected chi connectivity index (χ1v) is 10.0. The molecule has 0 saturated heterocycles. The maximum absolute atomic E-state index is 12.7. The largest absolute Gasteiger partial charge is 0.380 e. The summed E-state index contributed by atoms with van der Waals surface area (Å²) in [4.78, 5) is 17.8. The zero-order chi connectivity index (χ0) is 19.6. The maximum atomic E-state index is 12.7. The van der Waals surface area contributed by atoms with E-state index >= 15 is 0 Å². The Kier molecular flexibility index (Phi) is 5.92. The van der Waals surface area contributed by atoms with Crippen LogP contribution >= 0.6 is 11.3 Å². The average Bonchev–Trinajstić information content (AvgIpc) is 3.16. The number of hydrogen-bond acceptors (Lipinski definition) is 4. The number of aryl methyl sites for hydroxylation is 2. The first-order chi connectivity index (χ1) is 12.9. The van der Waals surface area contributed by atoms with E-state index in [0.29, 0.717) is 30.3 Å². The second-order valence-electron chi connectivity index (χ2n) is 6.83. The minimum Gasteiger partial charge on any atom is -0.380 e. The van der Waals surface area contributed by atoms with E-state index in [1.165, 1.54) is 16.9 Å². The van der Waals surface area contributed by atoms with Gasteiger partial charge in [0.2, 0.25) is 0 Å². The molecule has 6 nitrogen and oxygen atoms in total. The summed E-state index contributed by atoms with van der Waals surface area (Å²) in [5.74, 6) is -0.314. The zero-order valence-corrected chi connectivity index (χ0v) is 17.3. The Labute approximate surface area is 163 Å². The molecule has 1 amide bonds. The first kappa shape index (κ1) is 19.5. The lowest BCUT2D eigenvalue weighted by atomic mass is 10.2. The SMILES string of the molecule is CCOCCn1c(=NC(=O)c2cc(C)n(C(C)C)n2)sc2cc(C)ccc21. The molecule has 0 saturated carbocycles. The summed E-state index contributed by atoms with van der Waals surface area (Å²) in [5, 5.41) is 4.42. The Morgan fingerprint density at radius 2 is 2.07 bits per heavy atom. The van der Waals surface area contributed by atoms with Gasteiger partial charge < -0.3 is 9.30 Å². The van der Waals surface area contributed by atoms with Gasteiger partial charge in [-0.2, -0.15) is 10.1 Å². The highest BCUT2D eigenvalue weighted by Crippen LogP contribution is 2.19. The number of aromatic nitrogens is 3. The van der Waals surface area contributed by atoms with Gasteiger partial charge >= 0.3 is 0 Å². The fraction of sp³-hybridized carbons (Fsp3) is 0.450. The minimum atomic E-state index is -0.314. The van der Waals surface area contributed by atoms with Gasteiger partial charge in [-0.3, -0.25) is 9.48 Å². The first-order valence-electron chi connectivity index (χ1n) is 9.23. The van der Waals surface area contributed by atoms with Crippen molar-refractivity contribution < 1.29 is 9.53 Å². The summed E-state index contributed by atoms with van der Waals surface area (Å²) >= 11 is 1.52.